The summed E-state index contributed by atoms with van der Waals surface area (Å²) in [6.45, 7) is 0.882. The number of hydrogen-bond donors (Lipinski definition) is 2. The maximum atomic E-state index is 14.4. The van der Waals surface area contributed by atoms with Gasteiger partial charge in [0.2, 0.25) is 10.0 Å². The van der Waals surface area contributed by atoms with Crippen molar-refractivity contribution in [2.75, 3.05) is 11.9 Å². The average Bonchev–Trinajstić information content (AvgIpc) is 3.09. The maximum Gasteiger partial charge on any atom is 0.437 e. The van der Waals surface area contributed by atoms with E-state index in [4.69, 9.17) is 0 Å². The Labute approximate surface area is 187 Å². The van der Waals surface area contributed by atoms with Crippen LogP contribution in [0.5, 0.6) is 0 Å². The number of halogens is 3. The van der Waals surface area contributed by atoms with Gasteiger partial charge in [0.05, 0.1) is 17.1 Å². The highest BCUT2D eigenvalue weighted by molar-refractivity contribution is 7.89. The zero-order valence-corrected chi connectivity index (χ0v) is 18.6. The van der Waals surface area contributed by atoms with E-state index in [0.29, 0.717) is 18.4 Å². The molecule has 1 aromatic heterocycles. The second-order valence-corrected chi connectivity index (χ2v) is 9.83. The van der Waals surface area contributed by atoms with Gasteiger partial charge in [-0.25, -0.2) is 13.2 Å². The molecule has 7 nitrogen and oxygen atoms in total. The zero-order chi connectivity index (χ0) is 23.6. The molecule has 1 aliphatic carbocycles. The van der Waals surface area contributed by atoms with E-state index in [1.807, 2.05) is 11.4 Å². The van der Waals surface area contributed by atoms with Crippen LogP contribution in [0.1, 0.15) is 35.8 Å². The molecule has 1 aliphatic rings. The highest BCUT2D eigenvalue weighted by Crippen LogP contribution is 2.42. The second kappa shape index (κ2) is 9.09. The number of fused-ring (bicyclic) bond motifs is 1. The van der Waals surface area contributed by atoms with Crippen molar-refractivity contribution in [3.8, 4) is 6.07 Å². The van der Waals surface area contributed by atoms with Crippen LogP contribution in [0.15, 0.2) is 35.2 Å². The normalized spacial score (nSPS) is 15.8. The van der Waals surface area contributed by atoms with Gasteiger partial charge in [-0.2, -0.15) is 23.2 Å². The average molecular weight is 488 g/mol. The first-order chi connectivity index (χ1) is 15.1. The molecular formula is C20H20F3N3O4S2. The third kappa shape index (κ3) is 4.46. The summed E-state index contributed by atoms with van der Waals surface area (Å²) >= 11 is 0.911. The van der Waals surface area contributed by atoms with Gasteiger partial charge in [0.1, 0.15) is 11.1 Å². The van der Waals surface area contributed by atoms with Crippen molar-refractivity contribution >= 4 is 32.3 Å². The highest BCUT2D eigenvalue weighted by atomic mass is 32.2. The quantitative estimate of drug-likeness (QED) is 0.455. The SMILES string of the molecule is CCOC(=O)[C@](Nc1sc2c(c1C#N)CCCC2)(NS(=O)(=O)c1ccccc1)C(F)(F)F. The van der Waals surface area contributed by atoms with Gasteiger partial charge in [-0.1, -0.05) is 18.2 Å². The predicted octanol–water partition coefficient (Wildman–Crippen LogP) is 3.71. The van der Waals surface area contributed by atoms with Crippen LogP contribution in [0.2, 0.25) is 0 Å². The number of nitrogens with zero attached hydrogens (tertiary/aromatic N) is 1. The Kier molecular flexibility index (Phi) is 6.83. The number of esters is 1. The van der Waals surface area contributed by atoms with Gasteiger partial charge in [-0.05, 0) is 50.3 Å². The Morgan fingerprint density at radius 2 is 1.88 bits per heavy atom. The topological polar surface area (TPSA) is 108 Å². The lowest BCUT2D eigenvalue weighted by Gasteiger charge is -2.34. The Balaban J connectivity index is 2.16. The third-order valence-corrected chi connectivity index (χ3v) is 7.61. The lowest BCUT2D eigenvalue weighted by atomic mass is 9.96. The molecule has 0 unspecified atom stereocenters. The summed E-state index contributed by atoms with van der Waals surface area (Å²) in [5, 5.41) is 11.4. The van der Waals surface area contributed by atoms with Gasteiger partial charge in [0.25, 0.3) is 5.66 Å². The molecule has 0 saturated heterocycles. The first-order valence-corrected chi connectivity index (χ1v) is 12.0. The Morgan fingerprint density at radius 3 is 2.47 bits per heavy atom. The van der Waals surface area contributed by atoms with E-state index in [9.17, 15) is 31.6 Å². The van der Waals surface area contributed by atoms with Crippen molar-refractivity contribution < 1.29 is 31.1 Å². The number of aryl methyl sites for hydroxylation is 1. The number of thiophene rings is 1. The van der Waals surface area contributed by atoms with Gasteiger partial charge >= 0.3 is 12.1 Å². The van der Waals surface area contributed by atoms with Crippen LogP contribution in [0.3, 0.4) is 0 Å². The van der Waals surface area contributed by atoms with E-state index in [-0.39, 0.29) is 10.6 Å². The molecule has 3 rings (SSSR count). The fourth-order valence-electron chi connectivity index (χ4n) is 3.40. The van der Waals surface area contributed by atoms with Crippen molar-refractivity contribution in [1.82, 2.24) is 4.72 Å². The number of hydrogen-bond acceptors (Lipinski definition) is 7. The Hall–Kier alpha value is -2.62. The van der Waals surface area contributed by atoms with E-state index >= 15 is 0 Å². The molecule has 1 atom stereocenters. The van der Waals surface area contributed by atoms with E-state index in [1.54, 1.807) is 0 Å². The molecular weight excluding hydrogens is 467 g/mol. The maximum absolute atomic E-state index is 14.4. The van der Waals surface area contributed by atoms with Gasteiger partial charge in [0.15, 0.2) is 0 Å². The van der Waals surface area contributed by atoms with E-state index in [0.717, 1.165) is 41.2 Å². The molecule has 0 fully saturated rings. The first-order valence-electron chi connectivity index (χ1n) is 9.71. The number of alkyl halides is 3. The van der Waals surface area contributed by atoms with Crippen LogP contribution < -0.4 is 10.0 Å². The molecule has 0 radical (unpaired) electrons. The number of nitriles is 1. The molecule has 0 aliphatic heterocycles. The lowest BCUT2D eigenvalue weighted by molar-refractivity contribution is -0.202. The van der Waals surface area contributed by atoms with Gasteiger partial charge < -0.3 is 10.1 Å². The van der Waals surface area contributed by atoms with Crippen LogP contribution in [0, 0.1) is 11.3 Å². The summed E-state index contributed by atoms with van der Waals surface area (Å²) in [7, 11) is -4.82. The molecule has 1 aromatic carbocycles. The Morgan fingerprint density at radius 1 is 1.22 bits per heavy atom. The number of carbonyl (C=O) groups excluding carboxylic acids is 1. The standard InChI is InChI=1S/C20H20F3N3O4S2/c1-2-30-18(27)19(20(21,22)23,26-32(28,29)13-8-4-3-5-9-13)25-17-15(12-24)14-10-6-7-11-16(14)31-17/h3-5,8-9,25-26H,2,6-7,10-11H2,1H3/t19-/m0/s1. The molecule has 172 valence electrons. The molecule has 0 bridgehead atoms. The molecule has 32 heavy (non-hydrogen) atoms. The van der Waals surface area contributed by atoms with Crippen LogP contribution in [-0.2, 0) is 32.4 Å². The van der Waals surface area contributed by atoms with Gasteiger partial charge in [-0.3, -0.25) is 0 Å². The number of benzene rings is 1. The monoisotopic (exact) mass is 487 g/mol. The second-order valence-electron chi connectivity index (χ2n) is 7.04. The van der Waals surface area contributed by atoms with Crippen LogP contribution in [0.4, 0.5) is 18.2 Å². The molecule has 12 heteroatoms. The van der Waals surface area contributed by atoms with Crippen molar-refractivity contribution in [1.29, 1.82) is 5.26 Å². The minimum Gasteiger partial charge on any atom is -0.463 e. The summed E-state index contributed by atoms with van der Waals surface area (Å²) < 4.78 is 75.1. The molecule has 2 aromatic rings. The summed E-state index contributed by atoms with van der Waals surface area (Å²) in [5.41, 5.74) is -3.24. The predicted molar refractivity (Wildman–Crippen MR) is 111 cm³/mol. The van der Waals surface area contributed by atoms with Crippen LogP contribution in [0.25, 0.3) is 0 Å². The van der Waals surface area contributed by atoms with E-state index in [2.05, 4.69) is 4.74 Å². The zero-order valence-electron chi connectivity index (χ0n) is 17.0. The van der Waals surface area contributed by atoms with Crippen LogP contribution >= 0.6 is 11.3 Å². The molecule has 0 spiro atoms. The summed E-state index contributed by atoms with van der Waals surface area (Å²) in [5.74, 6) is -1.87. The summed E-state index contributed by atoms with van der Waals surface area (Å²) in [6, 6.07) is 8.25. The molecule has 0 amide bonds. The summed E-state index contributed by atoms with van der Waals surface area (Å²) in [6.07, 6.45) is -2.74. The molecule has 2 N–H and O–H groups in total. The van der Waals surface area contributed by atoms with Crippen molar-refractivity contribution in [2.24, 2.45) is 0 Å². The number of ether oxygens (including phenoxy) is 1. The van der Waals surface area contributed by atoms with E-state index in [1.165, 1.54) is 29.8 Å². The number of anilines is 1. The largest absolute Gasteiger partial charge is 0.463 e. The first kappa shape index (κ1) is 24.0. The Bertz CT molecular complexity index is 1140. The summed E-state index contributed by atoms with van der Waals surface area (Å²) in [4.78, 5) is 12.9. The third-order valence-electron chi connectivity index (χ3n) is 4.93. The minimum atomic E-state index is -5.45. The number of carbonyl (C=O) groups is 1. The van der Waals surface area contributed by atoms with Crippen molar-refractivity contribution in [3.05, 3.63) is 46.3 Å². The van der Waals surface area contributed by atoms with E-state index < -0.39 is 39.3 Å². The molecule has 0 saturated carbocycles. The minimum absolute atomic E-state index is 0.0264. The number of nitrogens with one attached hydrogen (secondary N) is 2. The number of rotatable bonds is 7. The van der Waals surface area contributed by atoms with Crippen LogP contribution in [-0.4, -0.2) is 32.8 Å². The van der Waals surface area contributed by atoms with Crippen molar-refractivity contribution in [3.63, 3.8) is 0 Å². The van der Waals surface area contributed by atoms with Gasteiger partial charge in [0, 0.05) is 4.88 Å². The van der Waals surface area contributed by atoms with Gasteiger partial charge in [-0.15, -0.1) is 11.3 Å². The smallest absolute Gasteiger partial charge is 0.437 e. The fraction of sp³-hybridized carbons (Fsp3) is 0.400. The fourth-order valence-corrected chi connectivity index (χ4v) is 5.99. The number of sulfonamides is 1. The highest BCUT2D eigenvalue weighted by Gasteiger charge is 2.65. The lowest BCUT2D eigenvalue weighted by Crippen LogP contribution is -2.69. The molecule has 1 heterocycles. The van der Waals surface area contributed by atoms with Crippen molar-refractivity contribution in [2.45, 2.75) is 49.3 Å².